The van der Waals surface area contributed by atoms with Gasteiger partial charge < -0.3 is 20.1 Å². The molecule has 2 amide bonds. The van der Waals surface area contributed by atoms with Crippen molar-refractivity contribution in [2.45, 2.75) is 38.8 Å². The smallest absolute Gasteiger partial charge is 0.317 e. The van der Waals surface area contributed by atoms with Gasteiger partial charge in [0.25, 0.3) is 0 Å². The van der Waals surface area contributed by atoms with Crippen LogP contribution >= 0.6 is 0 Å². The molecule has 2 rings (SSSR count). The maximum atomic E-state index is 12.1. The number of hydrogen-bond acceptors (Lipinski definition) is 3. The molecule has 0 aromatic rings. The van der Waals surface area contributed by atoms with Gasteiger partial charge in [-0.3, -0.25) is 4.79 Å². The highest BCUT2D eigenvalue weighted by Crippen LogP contribution is 2.28. The van der Waals surface area contributed by atoms with Gasteiger partial charge in [0.15, 0.2) is 0 Å². The minimum absolute atomic E-state index is 0.00599. The van der Waals surface area contributed by atoms with E-state index in [0.717, 1.165) is 6.42 Å². The Morgan fingerprint density at radius 2 is 2.11 bits per heavy atom. The average molecular weight is 270 g/mol. The van der Waals surface area contributed by atoms with Crippen molar-refractivity contribution < 1.29 is 19.4 Å². The van der Waals surface area contributed by atoms with E-state index in [1.54, 1.807) is 11.8 Å². The van der Waals surface area contributed by atoms with Crippen LogP contribution in [0.15, 0.2) is 0 Å². The minimum atomic E-state index is -0.796. The third-order valence-corrected chi connectivity index (χ3v) is 4.57. The Morgan fingerprint density at radius 3 is 2.58 bits per heavy atom. The highest BCUT2D eigenvalue weighted by atomic mass is 16.5. The molecule has 0 radical (unpaired) electrons. The molecule has 2 fully saturated rings. The second kappa shape index (κ2) is 5.00. The van der Waals surface area contributed by atoms with E-state index < -0.39 is 11.9 Å². The Hall–Kier alpha value is -1.30. The van der Waals surface area contributed by atoms with Gasteiger partial charge in [-0.15, -0.1) is 0 Å². The van der Waals surface area contributed by atoms with Crippen LogP contribution in [-0.4, -0.2) is 53.3 Å². The number of rotatable bonds is 3. The van der Waals surface area contributed by atoms with E-state index in [1.165, 1.54) is 0 Å². The molecule has 19 heavy (non-hydrogen) atoms. The number of urea groups is 1. The van der Waals surface area contributed by atoms with Gasteiger partial charge in [-0.25, -0.2) is 4.79 Å². The molecule has 3 atom stereocenters. The summed E-state index contributed by atoms with van der Waals surface area (Å²) in [4.78, 5) is 24.6. The van der Waals surface area contributed by atoms with Gasteiger partial charge in [-0.1, -0.05) is 6.92 Å². The summed E-state index contributed by atoms with van der Waals surface area (Å²) in [7, 11) is 0. The number of carbonyl (C=O) groups is 2. The molecule has 0 aromatic carbocycles. The third-order valence-electron chi connectivity index (χ3n) is 4.57. The Morgan fingerprint density at radius 1 is 1.47 bits per heavy atom. The first kappa shape index (κ1) is 14.1. The molecule has 6 nitrogen and oxygen atoms in total. The Balaban J connectivity index is 1.82. The molecule has 108 valence electrons. The van der Waals surface area contributed by atoms with E-state index in [2.05, 4.69) is 5.32 Å². The fourth-order valence-electron chi connectivity index (χ4n) is 2.52. The number of amides is 2. The van der Waals surface area contributed by atoms with Crippen molar-refractivity contribution in [3.05, 3.63) is 0 Å². The highest BCUT2D eigenvalue weighted by molar-refractivity contribution is 5.77. The maximum Gasteiger partial charge on any atom is 0.317 e. The summed E-state index contributed by atoms with van der Waals surface area (Å²) < 4.78 is 5.48. The standard InChI is InChI=1S/C13H22N2O4/c1-8(11(16)17)10-6-15(7-10)12(18)14-13(3)4-5-19-9(13)2/h8-10H,4-7H2,1-3H3,(H,14,18)(H,16,17). The van der Waals surface area contributed by atoms with Crippen molar-refractivity contribution >= 4 is 12.0 Å². The van der Waals surface area contributed by atoms with Crippen molar-refractivity contribution in [1.29, 1.82) is 0 Å². The fourth-order valence-corrected chi connectivity index (χ4v) is 2.52. The van der Waals surface area contributed by atoms with Crippen LogP contribution in [0.25, 0.3) is 0 Å². The van der Waals surface area contributed by atoms with E-state index in [9.17, 15) is 9.59 Å². The normalized spacial score (nSPS) is 32.8. The predicted octanol–water partition coefficient (Wildman–Crippen LogP) is 0.916. The van der Waals surface area contributed by atoms with Crippen LogP contribution < -0.4 is 5.32 Å². The molecule has 3 unspecified atom stereocenters. The molecule has 0 aromatic heterocycles. The van der Waals surface area contributed by atoms with E-state index >= 15 is 0 Å². The molecule has 2 N–H and O–H groups in total. The van der Waals surface area contributed by atoms with Crippen molar-refractivity contribution in [3.8, 4) is 0 Å². The topological polar surface area (TPSA) is 78.9 Å². The maximum absolute atomic E-state index is 12.1. The van der Waals surface area contributed by atoms with Gasteiger partial charge in [0, 0.05) is 25.6 Å². The van der Waals surface area contributed by atoms with Crippen LogP contribution in [0.4, 0.5) is 4.79 Å². The first-order valence-corrected chi connectivity index (χ1v) is 6.75. The van der Waals surface area contributed by atoms with Crippen molar-refractivity contribution in [3.63, 3.8) is 0 Å². The summed E-state index contributed by atoms with van der Waals surface area (Å²) in [6.07, 6.45) is 0.814. The van der Waals surface area contributed by atoms with Crippen LogP contribution in [0, 0.1) is 11.8 Å². The van der Waals surface area contributed by atoms with Crippen LogP contribution in [-0.2, 0) is 9.53 Å². The molecule has 0 saturated carbocycles. The van der Waals surface area contributed by atoms with Crippen LogP contribution in [0.2, 0.25) is 0 Å². The molecule has 0 spiro atoms. The summed E-state index contributed by atoms with van der Waals surface area (Å²) in [6, 6.07) is -0.117. The van der Waals surface area contributed by atoms with Gasteiger partial charge in [0.2, 0.25) is 0 Å². The number of aliphatic carboxylic acids is 1. The summed E-state index contributed by atoms with van der Waals surface area (Å²) >= 11 is 0. The molecule has 2 heterocycles. The summed E-state index contributed by atoms with van der Waals surface area (Å²) in [5, 5.41) is 11.9. The number of hydrogen-bond donors (Lipinski definition) is 2. The largest absolute Gasteiger partial charge is 0.481 e. The summed E-state index contributed by atoms with van der Waals surface area (Å²) in [6.45, 7) is 7.33. The third kappa shape index (κ3) is 2.68. The van der Waals surface area contributed by atoms with Crippen LogP contribution in [0.5, 0.6) is 0 Å². The SMILES string of the molecule is CC(C(=O)O)C1CN(C(=O)NC2(C)CCOC2C)C1. The van der Waals surface area contributed by atoms with Gasteiger partial charge in [0.1, 0.15) is 0 Å². The number of carboxylic acids is 1. The van der Waals surface area contributed by atoms with Crippen molar-refractivity contribution in [1.82, 2.24) is 10.2 Å². The second-order valence-electron chi connectivity index (χ2n) is 5.90. The quantitative estimate of drug-likeness (QED) is 0.799. The molecule has 2 aliphatic heterocycles. The number of carboxylic acid groups (broad SMARTS) is 1. The average Bonchev–Trinajstić information content (AvgIpc) is 2.56. The molecule has 2 saturated heterocycles. The number of likely N-dealkylation sites (tertiary alicyclic amines) is 1. The first-order chi connectivity index (χ1) is 8.83. The van der Waals surface area contributed by atoms with E-state index in [0.29, 0.717) is 19.7 Å². The van der Waals surface area contributed by atoms with E-state index in [4.69, 9.17) is 9.84 Å². The monoisotopic (exact) mass is 270 g/mol. The zero-order chi connectivity index (χ0) is 14.2. The highest BCUT2D eigenvalue weighted by Gasteiger charge is 2.42. The van der Waals surface area contributed by atoms with Crippen molar-refractivity contribution in [2.75, 3.05) is 19.7 Å². The molecular weight excluding hydrogens is 248 g/mol. The van der Waals surface area contributed by atoms with E-state index in [1.807, 2.05) is 13.8 Å². The summed E-state index contributed by atoms with van der Waals surface area (Å²) in [5.41, 5.74) is -0.319. The molecule has 0 bridgehead atoms. The molecular formula is C13H22N2O4. The Labute approximate surface area is 113 Å². The predicted molar refractivity (Wildman–Crippen MR) is 68.8 cm³/mol. The molecule has 0 aliphatic carbocycles. The number of ether oxygens (including phenoxy) is 1. The minimum Gasteiger partial charge on any atom is -0.481 e. The lowest BCUT2D eigenvalue weighted by Gasteiger charge is -2.43. The zero-order valence-corrected chi connectivity index (χ0v) is 11.7. The lowest BCUT2D eigenvalue weighted by atomic mass is 9.87. The molecule has 6 heteroatoms. The number of nitrogens with one attached hydrogen (secondary N) is 1. The van der Waals surface area contributed by atoms with Gasteiger partial charge in [0.05, 0.1) is 17.6 Å². The molecule has 2 aliphatic rings. The fraction of sp³-hybridized carbons (Fsp3) is 0.846. The number of nitrogens with zero attached hydrogens (tertiary/aromatic N) is 1. The van der Waals surface area contributed by atoms with Gasteiger partial charge >= 0.3 is 12.0 Å². The van der Waals surface area contributed by atoms with Crippen molar-refractivity contribution in [2.24, 2.45) is 11.8 Å². The lowest BCUT2D eigenvalue weighted by Crippen LogP contribution is -2.61. The Kier molecular flexibility index (Phi) is 3.71. The zero-order valence-electron chi connectivity index (χ0n) is 11.7. The number of carbonyl (C=O) groups excluding carboxylic acids is 1. The van der Waals surface area contributed by atoms with Gasteiger partial charge in [-0.05, 0) is 20.3 Å². The summed E-state index contributed by atoms with van der Waals surface area (Å²) in [5.74, 6) is -1.13. The van der Waals surface area contributed by atoms with Crippen LogP contribution in [0.3, 0.4) is 0 Å². The van der Waals surface area contributed by atoms with Gasteiger partial charge in [-0.2, -0.15) is 0 Å². The lowest BCUT2D eigenvalue weighted by molar-refractivity contribution is -0.144. The van der Waals surface area contributed by atoms with Crippen LogP contribution in [0.1, 0.15) is 27.2 Å². The second-order valence-corrected chi connectivity index (χ2v) is 5.90. The first-order valence-electron chi connectivity index (χ1n) is 6.75. The Bertz CT molecular complexity index is 381. The van der Waals surface area contributed by atoms with E-state index in [-0.39, 0.29) is 23.6 Å².